The van der Waals surface area contributed by atoms with Gasteiger partial charge in [0.15, 0.2) is 11.6 Å². The Kier molecular flexibility index (Phi) is 9.58. The lowest BCUT2D eigenvalue weighted by atomic mass is 9.85. The Labute approximate surface area is 239 Å². The summed E-state index contributed by atoms with van der Waals surface area (Å²) < 4.78 is 11.4. The maximum atomic E-state index is 14.0. The number of Topliss-reactive ketones (excluding diaryl/α,β-unsaturated/α-hetero) is 3. The van der Waals surface area contributed by atoms with Crippen LogP contribution in [0.4, 0.5) is 0 Å². The van der Waals surface area contributed by atoms with Gasteiger partial charge < -0.3 is 14.4 Å². The third-order valence-electron chi connectivity index (χ3n) is 9.43. The topological polar surface area (TPSA) is 107 Å². The van der Waals surface area contributed by atoms with Gasteiger partial charge in [0.2, 0.25) is 11.7 Å². The van der Waals surface area contributed by atoms with Crippen LogP contribution in [0.25, 0.3) is 0 Å². The Morgan fingerprint density at radius 2 is 1.65 bits per heavy atom. The van der Waals surface area contributed by atoms with E-state index in [0.29, 0.717) is 31.9 Å². The second-order valence-corrected chi connectivity index (χ2v) is 14.3. The zero-order chi connectivity index (χ0) is 29.2. The minimum absolute atomic E-state index is 0.00375. The molecule has 1 amide bonds. The van der Waals surface area contributed by atoms with Crippen LogP contribution in [-0.2, 0) is 33.4 Å². The highest BCUT2D eigenvalue weighted by Gasteiger charge is 2.69. The monoisotopic (exact) mass is 559 g/mol. The highest BCUT2D eigenvalue weighted by atomic mass is 16.6. The number of piperidine rings is 1. The smallest absolute Gasteiger partial charge is 0.307 e. The number of ether oxygens (including phenoxy) is 2. The second kappa shape index (κ2) is 12.4. The van der Waals surface area contributed by atoms with Gasteiger partial charge in [-0.05, 0) is 69.6 Å². The second-order valence-electron chi connectivity index (χ2n) is 14.3. The van der Waals surface area contributed by atoms with E-state index in [1.807, 2.05) is 0 Å². The number of hydrogen-bond donors (Lipinski definition) is 0. The van der Waals surface area contributed by atoms with Crippen LogP contribution in [0, 0.1) is 35.0 Å². The summed E-state index contributed by atoms with van der Waals surface area (Å²) in [4.78, 5) is 68.4. The van der Waals surface area contributed by atoms with Crippen LogP contribution in [-0.4, -0.2) is 65.5 Å². The molecule has 4 aliphatic rings. The Morgan fingerprint density at radius 3 is 2.33 bits per heavy atom. The molecular formula is C32H49NO7. The number of rotatable bonds is 6. The predicted octanol–water partition coefficient (Wildman–Crippen LogP) is 4.70. The molecular weight excluding hydrogens is 510 g/mol. The summed E-state index contributed by atoms with van der Waals surface area (Å²) in [6, 6.07) is -0.643. The Balaban J connectivity index is 1.55. The zero-order valence-corrected chi connectivity index (χ0v) is 25.2. The minimum atomic E-state index is -0.740. The summed E-state index contributed by atoms with van der Waals surface area (Å²) in [5.41, 5.74) is -0.744. The molecule has 2 saturated carbocycles. The summed E-state index contributed by atoms with van der Waals surface area (Å²) in [7, 11) is 0. The van der Waals surface area contributed by atoms with Crippen molar-refractivity contribution in [1.82, 2.24) is 4.90 Å². The maximum Gasteiger partial charge on any atom is 0.307 e. The number of hydrogen-bond acceptors (Lipinski definition) is 7. The van der Waals surface area contributed by atoms with Gasteiger partial charge in [-0.15, -0.1) is 0 Å². The van der Waals surface area contributed by atoms with E-state index >= 15 is 0 Å². The molecule has 0 bridgehead atoms. The van der Waals surface area contributed by atoms with Crippen LogP contribution in [0.2, 0.25) is 0 Å². The van der Waals surface area contributed by atoms with E-state index in [1.54, 1.807) is 25.7 Å². The van der Waals surface area contributed by atoms with Gasteiger partial charge in [-0.25, -0.2) is 0 Å². The number of nitrogens with zero attached hydrogens (tertiary/aromatic N) is 1. The fourth-order valence-electron chi connectivity index (χ4n) is 6.87. The van der Waals surface area contributed by atoms with Gasteiger partial charge in [0.25, 0.3) is 0 Å². The van der Waals surface area contributed by atoms with Crippen molar-refractivity contribution in [2.75, 3.05) is 19.8 Å². The first-order valence-corrected chi connectivity index (χ1v) is 15.5. The van der Waals surface area contributed by atoms with Crippen LogP contribution in [0.3, 0.4) is 0 Å². The van der Waals surface area contributed by atoms with E-state index in [0.717, 1.165) is 44.9 Å². The molecule has 2 saturated heterocycles. The van der Waals surface area contributed by atoms with Gasteiger partial charge in [0, 0.05) is 31.9 Å². The third-order valence-corrected chi connectivity index (χ3v) is 9.43. The Hall–Kier alpha value is -2.09. The largest absolute Gasteiger partial charge is 0.460 e. The first-order chi connectivity index (χ1) is 18.8. The van der Waals surface area contributed by atoms with Crippen molar-refractivity contribution in [3.63, 3.8) is 0 Å². The van der Waals surface area contributed by atoms with Crippen molar-refractivity contribution >= 4 is 29.2 Å². The molecule has 4 rings (SSSR count). The number of esters is 1. The lowest BCUT2D eigenvalue weighted by molar-refractivity contribution is -0.160. The molecule has 40 heavy (non-hydrogen) atoms. The first kappa shape index (κ1) is 30.9. The van der Waals surface area contributed by atoms with Crippen molar-refractivity contribution in [2.24, 2.45) is 35.0 Å². The Bertz CT molecular complexity index is 992. The summed E-state index contributed by atoms with van der Waals surface area (Å²) >= 11 is 0. The summed E-state index contributed by atoms with van der Waals surface area (Å²) in [6.07, 6.45) is 7.20. The average molecular weight is 560 g/mol. The molecule has 8 heteroatoms. The van der Waals surface area contributed by atoms with Gasteiger partial charge in [-0.1, -0.05) is 39.5 Å². The van der Waals surface area contributed by atoms with Gasteiger partial charge in [0.05, 0.1) is 25.0 Å². The summed E-state index contributed by atoms with van der Waals surface area (Å²) in [6.45, 7) is 10.7. The molecule has 0 spiro atoms. The molecule has 224 valence electrons. The first-order valence-electron chi connectivity index (χ1n) is 15.5. The standard InChI is InChI=1S/C32H49NO7/c1-31(2,3)40-26(36)17-22-19-39-14-10-8-6-7-9-11-21(29(37)25(35)15-20-12-13-20)16-24(34)28-27-23(32(27,4)5)18-33(28)30(22)38/h20-23,27-28H,6-19H2,1-5H3/t21-,22+,23+,27+,28-/m1/s1. The highest BCUT2D eigenvalue weighted by molar-refractivity contribution is 6.38. The van der Waals surface area contributed by atoms with E-state index in [1.165, 1.54) is 0 Å². The number of carbonyl (C=O) groups excluding carboxylic acids is 5. The fraction of sp³-hybridized carbons (Fsp3) is 0.844. The average Bonchev–Trinajstić information content (AvgIpc) is 3.70. The van der Waals surface area contributed by atoms with E-state index in [-0.39, 0.29) is 54.2 Å². The van der Waals surface area contributed by atoms with Crippen LogP contribution in [0.1, 0.15) is 105 Å². The lowest BCUT2D eigenvalue weighted by Crippen LogP contribution is -2.49. The molecule has 2 heterocycles. The van der Waals surface area contributed by atoms with Crippen LogP contribution in [0.5, 0.6) is 0 Å². The molecule has 8 nitrogen and oxygen atoms in total. The molecule has 0 N–H and O–H groups in total. The Morgan fingerprint density at radius 1 is 0.975 bits per heavy atom. The maximum absolute atomic E-state index is 14.0. The SMILES string of the molecule is CC(C)(C)OC(=O)C[C@H]1COCCCCCCC[C@@H](C(=O)C(=O)CC2CC2)CC(=O)[C@@H]2[C@@H]3[C@H](CN2C1=O)C3(C)C. The number of fused-ring (bicyclic) bond motifs is 3. The van der Waals surface area contributed by atoms with E-state index in [9.17, 15) is 24.0 Å². The lowest BCUT2D eigenvalue weighted by Gasteiger charge is -2.33. The number of carbonyl (C=O) groups is 5. The van der Waals surface area contributed by atoms with Crippen molar-refractivity contribution in [3.05, 3.63) is 0 Å². The van der Waals surface area contributed by atoms with Crippen molar-refractivity contribution in [3.8, 4) is 0 Å². The molecule has 2 aliphatic heterocycles. The highest BCUT2D eigenvalue weighted by Crippen LogP contribution is 2.65. The molecule has 4 fully saturated rings. The molecule has 5 atom stereocenters. The normalized spacial score (nSPS) is 31.7. The van der Waals surface area contributed by atoms with Gasteiger partial charge in [-0.3, -0.25) is 24.0 Å². The number of ketones is 3. The summed E-state index contributed by atoms with van der Waals surface area (Å²) in [5, 5.41) is 0. The molecule has 0 unspecified atom stereocenters. The van der Waals surface area contributed by atoms with E-state index in [4.69, 9.17) is 9.47 Å². The van der Waals surface area contributed by atoms with Gasteiger partial charge >= 0.3 is 5.97 Å². The van der Waals surface area contributed by atoms with Gasteiger partial charge in [-0.2, -0.15) is 0 Å². The number of amides is 1. The molecule has 0 aromatic rings. The van der Waals surface area contributed by atoms with Crippen molar-refractivity contribution < 1.29 is 33.4 Å². The fourth-order valence-corrected chi connectivity index (χ4v) is 6.87. The molecule has 2 aliphatic carbocycles. The van der Waals surface area contributed by atoms with E-state index < -0.39 is 35.2 Å². The quantitative estimate of drug-likeness (QED) is 0.343. The third kappa shape index (κ3) is 7.59. The van der Waals surface area contributed by atoms with Crippen molar-refractivity contribution in [2.45, 2.75) is 117 Å². The van der Waals surface area contributed by atoms with Crippen LogP contribution < -0.4 is 0 Å². The summed E-state index contributed by atoms with van der Waals surface area (Å²) in [5.74, 6) is -2.42. The molecule has 0 aromatic heterocycles. The van der Waals surface area contributed by atoms with Gasteiger partial charge in [0.1, 0.15) is 5.60 Å². The minimum Gasteiger partial charge on any atom is -0.460 e. The van der Waals surface area contributed by atoms with E-state index in [2.05, 4.69) is 13.8 Å². The molecule has 0 aromatic carbocycles. The zero-order valence-electron chi connectivity index (χ0n) is 25.2. The predicted molar refractivity (Wildman–Crippen MR) is 149 cm³/mol. The van der Waals surface area contributed by atoms with Crippen LogP contribution >= 0.6 is 0 Å². The molecule has 0 radical (unpaired) electrons. The van der Waals surface area contributed by atoms with Crippen LogP contribution in [0.15, 0.2) is 0 Å². The van der Waals surface area contributed by atoms with Crippen molar-refractivity contribution in [1.29, 1.82) is 0 Å².